The van der Waals surface area contributed by atoms with Crippen LogP contribution in [0.5, 0.6) is 0 Å². The Morgan fingerprint density at radius 1 is 1.00 bits per heavy atom. The van der Waals surface area contributed by atoms with Crippen LogP contribution in [0.15, 0.2) is 59.3 Å². The van der Waals surface area contributed by atoms with Gasteiger partial charge >= 0.3 is 0 Å². The lowest BCUT2D eigenvalue weighted by molar-refractivity contribution is 0.179. The fourth-order valence-electron chi connectivity index (χ4n) is 2.16. The van der Waals surface area contributed by atoms with E-state index in [2.05, 4.69) is 35.7 Å². The number of benzene rings is 2. The van der Waals surface area contributed by atoms with Gasteiger partial charge in [0.05, 0.1) is 6.10 Å². The minimum absolute atomic E-state index is 0.427. The Kier molecular flexibility index (Phi) is 3.13. The summed E-state index contributed by atoms with van der Waals surface area (Å²) in [5.74, 6) is 0. The highest BCUT2D eigenvalue weighted by Crippen LogP contribution is 2.23. The van der Waals surface area contributed by atoms with E-state index in [0.29, 0.717) is 6.42 Å². The number of hydrogen-bond acceptors (Lipinski definition) is 2. The van der Waals surface area contributed by atoms with Gasteiger partial charge in [-0.05, 0) is 44.8 Å². The Hall–Kier alpha value is -1.64. The standard InChI is InChI=1S/C16H14OS/c17-16(9-12-7-8-18-11-12)15-6-5-13-3-1-2-4-14(13)10-15/h1-8,10-11,16-17H,9H2. The molecule has 0 radical (unpaired) electrons. The highest BCUT2D eigenvalue weighted by molar-refractivity contribution is 7.07. The zero-order chi connectivity index (χ0) is 12.4. The first-order chi connectivity index (χ1) is 8.83. The summed E-state index contributed by atoms with van der Waals surface area (Å²) in [7, 11) is 0. The second kappa shape index (κ2) is 4.92. The average Bonchev–Trinajstić information content (AvgIpc) is 2.91. The van der Waals surface area contributed by atoms with E-state index in [4.69, 9.17) is 0 Å². The van der Waals surface area contributed by atoms with Crippen molar-refractivity contribution in [3.8, 4) is 0 Å². The number of thiophene rings is 1. The zero-order valence-corrected chi connectivity index (χ0v) is 10.7. The molecule has 0 saturated heterocycles. The molecule has 0 aliphatic heterocycles. The van der Waals surface area contributed by atoms with Crippen molar-refractivity contribution in [2.24, 2.45) is 0 Å². The molecule has 1 nitrogen and oxygen atoms in total. The molecule has 18 heavy (non-hydrogen) atoms. The summed E-state index contributed by atoms with van der Waals surface area (Å²) in [6.45, 7) is 0. The van der Waals surface area contributed by atoms with Gasteiger partial charge in [-0.1, -0.05) is 36.4 Å². The minimum atomic E-state index is -0.427. The maximum Gasteiger partial charge on any atom is 0.0830 e. The van der Waals surface area contributed by atoms with Crippen molar-refractivity contribution in [3.05, 3.63) is 70.4 Å². The van der Waals surface area contributed by atoms with Gasteiger partial charge in [0.2, 0.25) is 0 Å². The normalized spacial score (nSPS) is 12.7. The lowest BCUT2D eigenvalue weighted by atomic mass is 10.00. The van der Waals surface area contributed by atoms with Gasteiger partial charge in [-0.25, -0.2) is 0 Å². The molecule has 1 N–H and O–H groups in total. The van der Waals surface area contributed by atoms with Crippen LogP contribution in [0.2, 0.25) is 0 Å². The SMILES string of the molecule is OC(Cc1ccsc1)c1ccc2ccccc2c1. The zero-order valence-electron chi connectivity index (χ0n) is 9.91. The lowest BCUT2D eigenvalue weighted by Crippen LogP contribution is -2.00. The summed E-state index contributed by atoms with van der Waals surface area (Å²) in [5.41, 5.74) is 2.18. The number of aliphatic hydroxyl groups excluding tert-OH is 1. The van der Waals surface area contributed by atoms with E-state index in [1.807, 2.05) is 23.6 Å². The molecule has 2 heteroatoms. The monoisotopic (exact) mass is 254 g/mol. The van der Waals surface area contributed by atoms with E-state index >= 15 is 0 Å². The highest BCUT2D eigenvalue weighted by Gasteiger charge is 2.09. The van der Waals surface area contributed by atoms with Crippen LogP contribution in [-0.4, -0.2) is 5.11 Å². The van der Waals surface area contributed by atoms with Gasteiger partial charge < -0.3 is 5.11 Å². The molecule has 0 amide bonds. The molecule has 0 saturated carbocycles. The van der Waals surface area contributed by atoms with Crippen molar-refractivity contribution < 1.29 is 5.11 Å². The van der Waals surface area contributed by atoms with Gasteiger partial charge in [-0.2, -0.15) is 11.3 Å². The Morgan fingerprint density at radius 2 is 1.83 bits per heavy atom. The first kappa shape index (κ1) is 11.5. The smallest absolute Gasteiger partial charge is 0.0830 e. The van der Waals surface area contributed by atoms with E-state index < -0.39 is 6.10 Å². The molecule has 0 aliphatic rings. The Balaban J connectivity index is 1.89. The number of rotatable bonds is 3. The molecule has 0 fully saturated rings. The maximum absolute atomic E-state index is 10.3. The second-order valence-corrected chi connectivity index (χ2v) is 5.24. The second-order valence-electron chi connectivity index (χ2n) is 4.46. The third kappa shape index (κ3) is 2.30. The van der Waals surface area contributed by atoms with Crippen molar-refractivity contribution >= 4 is 22.1 Å². The molecular formula is C16H14OS. The molecule has 0 spiro atoms. The van der Waals surface area contributed by atoms with Crippen molar-refractivity contribution in [2.45, 2.75) is 12.5 Å². The van der Waals surface area contributed by atoms with Crippen LogP contribution in [0.3, 0.4) is 0 Å². The molecule has 0 bridgehead atoms. The predicted octanol–water partition coefficient (Wildman–Crippen LogP) is 4.18. The molecule has 90 valence electrons. The first-order valence-corrected chi connectivity index (χ1v) is 6.95. The Labute approximate surface area is 110 Å². The van der Waals surface area contributed by atoms with E-state index in [1.165, 1.54) is 16.3 Å². The van der Waals surface area contributed by atoms with Gasteiger partial charge in [0.25, 0.3) is 0 Å². The van der Waals surface area contributed by atoms with Gasteiger partial charge in [-0.15, -0.1) is 0 Å². The Bertz CT molecular complexity index is 643. The fourth-order valence-corrected chi connectivity index (χ4v) is 2.85. The van der Waals surface area contributed by atoms with E-state index in [-0.39, 0.29) is 0 Å². The van der Waals surface area contributed by atoms with Crippen LogP contribution in [0.25, 0.3) is 10.8 Å². The fraction of sp³-hybridized carbons (Fsp3) is 0.125. The largest absolute Gasteiger partial charge is 0.388 e. The molecule has 1 aromatic heterocycles. The Morgan fingerprint density at radius 3 is 2.61 bits per heavy atom. The van der Waals surface area contributed by atoms with Crippen molar-refractivity contribution in [1.82, 2.24) is 0 Å². The molecular weight excluding hydrogens is 240 g/mol. The third-order valence-corrected chi connectivity index (χ3v) is 3.90. The minimum Gasteiger partial charge on any atom is -0.388 e. The molecule has 0 aliphatic carbocycles. The van der Waals surface area contributed by atoms with Crippen molar-refractivity contribution in [2.75, 3.05) is 0 Å². The molecule has 3 aromatic rings. The third-order valence-electron chi connectivity index (χ3n) is 3.17. The van der Waals surface area contributed by atoms with Crippen LogP contribution >= 0.6 is 11.3 Å². The summed E-state index contributed by atoms with van der Waals surface area (Å²) >= 11 is 1.67. The summed E-state index contributed by atoms with van der Waals surface area (Å²) in [6.07, 6.45) is 0.256. The molecule has 1 atom stereocenters. The topological polar surface area (TPSA) is 20.2 Å². The number of hydrogen-bond donors (Lipinski definition) is 1. The number of fused-ring (bicyclic) bond motifs is 1. The molecule has 1 heterocycles. The maximum atomic E-state index is 10.3. The van der Waals surface area contributed by atoms with Gasteiger partial charge in [0.1, 0.15) is 0 Å². The first-order valence-electron chi connectivity index (χ1n) is 6.01. The summed E-state index contributed by atoms with van der Waals surface area (Å²) in [5, 5.41) is 16.8. The molecule has 1 unspecified atom stereocenters. The van der Waals surface area contributed by atoms with Gasteiger partial charge in [-0.3, -0.25) is 0 Å². The summed E-state index contributed by atoms with van der Waals surface area (Å²) < 4.78 is 0. The van der Waals surface area contributed by atoms with E-state index in [1.54, 1.807) is 11.3 Å². The van der Waals surface area contributed by atoms with Crippen molar-refractivity contribution in [3.63, 3.8) is 0 Å². The van der Waals surface area contributed by atoms with Crippen LogP contribution in [-0.2, 0) is 6.42 Å². The molecule has 3 rings (SSSR count). The molecule has 2 aromatic carbocycles. The van der Waals surface area contributed by atoms with Crippen molar-refractivity contribution in [1.29, 1.82) is 0 Å². The quantitative estimate of drug-likeness (QED) is 0.743. The highest BCUT2D eigenvalue weighted by atomic mass is 32.1. The predicted molar refractivity (Wildman–Crippen MR) is 76.9 cm³/mol. The van der Waals surface area contributed by atoms with Gasteiger partial charge in [0.15, 0.2) is 0 Å². The number of aliphatic hydroxyl groups is 1. The average molecular weight is 254 g/mol. The van der Waals surface area contributed by atoms with Gasteiger partial charge in [0, 0.05) is 6.42 Å². The van der Waals surface area contributed by atoms with Crippen LogP contribution < -0.4 is 0 Å². The van der Waals surface area contributed by atoms with E-state index in [0.717, 1.165) is 5.56 Å². The summed E-state index contributed by atoms with van der Waals surface area (Å²) in [4.78, 5) is 0. The summed E-state index contributed by atoms with van der Waals surface area (Å²) in [6, 6.07) is 16.4. The van der Waals surface area contributed by atoms with Crippen LogP contribution in [0.4, 0.5) is 0 Å². The van der Waals surface area contributed by atoms with Crippen LogP contribution in [0, 0.1) is 0 Å². The van der Waals surface area contributed by atoms with Crippen LogP contribution in [0.1, 0.15) is 17.2 Å². The van der Waals surface area contributed by atoms with E-state index in [9.17, 15) is 5.11 Å². The lowest BCUT2D eigenvalue weighted by Gasteiger charge is -2.11.